The fourth-order valence-corrected chi connectivity index (χ4v) is 2.25. The second-order valence-corrected chi connectivity index (χ2v) is 4.57. The van der Waals surface area contributed by atoms with E-state index in [0.29, 0.717) is 17.2 Å². The molecular formula is C11H9BrClNO2. The van der Waals surface area contributed by atoms with Crippen molar-refractivity contribution in [1.82, 2.24) is 5.16 Å². The van der Waals surface area contributed by atoms with Gasteiger partial charge in [-0.1, -0.05) is 38.8 Å². The molecule has 1 aromatic heterocycles. The van der Waals surface area contributed by atoms with Crippen LogP contribution in [0.3, 0.4) is 0 Å². The Labute approximate surface area is 106 Å². The van der Waals surface area contributed by atoms with Crippen molar-refractivity contribution in [2.45, 2.75) is 6.42 Å². The molecule has 3 nitrogen and oxygen atoms in total. The van der Waals surface area contributed by atoms with Gasteiger partial charge in [0.1, 0.15) is 11.5 Å². The lowest BCUT2D eigenvalue weighted by molar-refractivity contribution is 0.277. The van der Waals surface area contributed by atoms with Crippen LogP contribution in [0.5, 0.6) is 0 Å². The minimum Gasteiger partial charge on any atom is -0.396 e. The first-order valence-corrected chi connectivity index (χ1v) is 5.89. The van der Waals surface area contributed by atoms with E-state index in [4.69, 9.17) is 21.2 Å². The van der Waals surface area contributed by atoms with E-state index in [-0.39, 0.29) is 6.61 Å². The van der Waals surface area contributed by atoms with E-state index in [1.54, 1.807) is 12.1 Å². The van der Waals surface area contributed by atoms with Crippen LogP contribution >= 0.6 is 27.5 Å². The van der Waals surface area contributed by atoms with E-state index in [2.05, 4.69) is 21.1 Å². The maximum absolute atomic E-state index is 8.78. The van der Waals surface area contributed by atoms with Crippen LogP contribution in [-0.2, 0) is 6.42 Å². The average molecular weight is 303 g/mol. The first-order valence-electron chi connectivity index (χ1n) is 4.72. The number of benzene rings is 1. The Morgan fingerprint density at radius 1 is 1.38 bits per heavy atom. The summed E-state index contributed by atoms with van der Waals surface area (Å²) in [5.41, 5.74) is 1.64. The van der Waals surface area contributed by atoms with Crippen LogP contribution < -0.4 is 0 Å². The molecule has 0 saturated heterocycles. The van der Waals surface area contributed by atoms with Crippen molar-refractivity contribution in [1.29, 1.82) is 0 Å². The summed E-state index contributed by atoms with van der Waals surface area (Å²) in [5.74, 6) is 0.666. The molecule has 0 atom stereocenters. The zero-order valence-corrected chi connectivity index (χ0v) is 10.6. The van der Waals surface area contributed by atoms with Crippen molar-refractivity contribution in [2.75, 3.05) is 6.61 Å². The normalized spacial score (nSPS) is 10.7. The quantitative estimate of drug-likeness (QED) is 0.946. The van der Waals surface area contributed by atoms with Crippen LogP contribution in [0.1, 0.15) is 5.76 Å². The topological polar surface area (TPSA) is 46.3 Å². The van der Waals surface area contributed by atoms with Crippen molar-refractivity contribution >= 4 is 27.5 Å². The molecule has 0 aliphatic heterocycles. The highest BCUT2D eigenvalue weighted by Gasteiger charge is 2.09. The third-order valence-electron chi connectivity index (χ3n) is 2.12. The van der Waals surface area contributed by atoms with Crippen LogP contribution in [0.4, 0.5) is 0 Å². The number of aliphatic hydroxyl groups is 1. The Kier molecular flexibility index (Phi) is 3.63. The molecule has 16 heavy (non-hydrogen) atoms. The largest absolute Gasteiger partial charge is 0.396 e. The Balaban J connectivity index is 2.35. The number of rotatable bonds is 3. The molecule has 84 valence electrons. The molecule has 1 heterocycles. The number of halogens is 2. The summed E-state index contributed by atoms with van der Waals surface area (Å²) in [6.07, 6.45) is 0.470. The highest BCUT2D eigenvalue weighted by atomic mass is 79.9. The summed E-state index contributed by atoms with van der Waals surface area (Å²) < 4.78 is 5.95. The van der Waals surface area contributed by atoms with Gasteiger partial charge in [-0.05, 0) is 12.1 Å². The standard InChI is InChI=1S/C11H9BrClNO2/c12-10-5-7(13)1-2-9(10)11-6-8(3-4-15)16-14-11/h1-2,5-6,15H,3-4H2. The molecule has 0 spiro atoms. The zero-order valence-electron chi connectivity index (χ0n) is 8.28. The van der Waals surface area contributed by atoms with Crippen LogP contribution in [0.25, 0.3) is 11.3 Å². The molecule has 0 saturated carbocycles. The molecule has 2 aromatic rings. The number of aliphatic hydroxyl groups excluding tert-OH is 1. The van der Waals surface area contributed by atoms with Crippen LogP contribution in [0.15, 0.2) is 33.3 Å². The summed E-state index contributed by atoms with van der Waals surface area (Å²) >= 11 is 9.27. The van der Waals surface area contributed by atoms with Gasteiger partial charge < -0.3 is 9.63 Å². The Morgan fingerprint density at radius 3 is 2.88 bits per heavy atom. The summed E-state index contributed by atoms with van der Waals surface area (Å²) in [7, 11) is 0. The fourth-order valence-electron chi connectivity index (χ4n) is 1.37. The van der Waals surface area contributed by atoms with E-state index in [1.807, 2.05) is 12.1 Å². The predicted octanol–water partition coefficient (Wildman–Crippen LogP) is 3.29. The molecule has 1 aromatic carbocycles. The van der Waals surface area contributed by atoms with Crippen LogP contribution in [0.2, 0.25) is 5.02 Å². The molecule has 5 heteroatoms. The van der Waals surface area contributed by atoms with Crippen molar-refractivity contribution < 1.29 is 9.63 Å². The summed E-state index contributed by atoms with van der Waals surface area (Å²) in [6, 6.07) is 7.27. The third kappa shape index (κ3) is 2.45. The number of hydrogen-bond donors (Lipinski definition) is 1. The number of hydrogen-bond acceptors (Lipinski definition) is 3. The van der Waals surface area contributed by atoms with Crippen LogP contribution in [-0.4, -0.2) is 16.9 Å². The summed E-state index contributed by atoms with van der Waals surface area (Å²) in [6.45, 7) is 0.0520. The maximum Gasteiger partial charge on any atom is 0.139 e. The molecule has 0 fully saturated rings. The minimum atomic E-state index is 0.0520. The molecule has 1 N–H and O–H groups in total. The van der Waals surface area contributed by atoms with Gasteiger partial charge in [-0.15, -0.1) is 0 Å². The smallest absolute Gasteiger partial charge is 0.139 e. The molecule has 2 rings (SSSR count). The maximum atomic E-state index is 8.78. The second-order valence-electron chi connectivity index (χ2n) is 3.28. The lowest BCUT2D eigenvalue weighted by Crippen LogP contribution is -1.86. The third-order valence-corrected chi connectivity index (χ3v) is 3.02. The van der Waals surface area contributed by atoms with Crippen molar-refractivity contribution in [3.05, 3.63) is 39.5 Å². The van der Waals surface area contributed by atoms with Gasteiger partial charge in [0.15, 0.2) is 0 Å². The predicted molar refractivity (Wildman–Crippen MR) is 65.4 cm³/mol. The van der Waals surface area contributed by atoms with Crippen molar-refractivity contribution in [3.63, 3.8) is 0 Å². The van der Waals surface area contributed by atoms with Gasteiger partial charge in [-0.3, -0.25) is 0 Å². The van der Waals surface area contributed by atoms with Crippen LogP contribution in [0, 0.1) is 0 Å². The minimum absolute atomic E-state index is 0.0520. The molecular weight excluding hydrogens is 293 g/mol. The van der Waals surface area contributed by atoms with E-state index < -0.39 is 0 Å². The molecule has 0 bridgehead atoms. The van der Waals surface area contributed by atoms with Gasteiger partial charge >= 0.3 is 0 Å². The highest BCUT2D eigenvalue weighted by molar-refractivity contribution is 9.10. The average Bonchev–Trinajstić information content (AvgIpc) is 2.67. The SMILES string of the molecule is OCCc1cc(-c2ccc(Cl)cc2Br)no1. The first-order chi connectivity index (χ1) is 7.70. The van der Waals surface area contributed by atoms with Gasteiger partial charge in [-0.25, -0.2) is 0 Å². The first kappa shape index (κ1) is 11.6. The summed E-state index contributed by atoms with van der Waals surface area (Å²) in [4.78, 5) is 0. The molecule has 0 radical (unpaired) electrons. The van der Waals surface area contributed by atoms with Gasteiger partial charge in [-0.2, -0.15) is 0 Å². The Morgan fingerprint density at radius 2 is 2.19 bits per heavy atom. The summed E-state index contributed by atoms with van der Waals surface area (Å²) in [5, 5.41) is 13.4. The van der Waals surface area contributed by atoms with E-state index >= 15 is 0 Å². The molecule has 0 aliphatic carbocycles. The van der Waals surface area contributed by atoms with E-state index in [9.17, 15) is 0 Å². The Hall–Kier alpha value is -0.840. The lowest BCUT2D eigenvalue weighted by atomic mass is 10.1. The van der Waals surface area contributed by atoms with E-state index in [0.717, 1.165) is 15.7 Å². The Bertz CT molecular complexity index is 498. The zero-order chi connectivity index (χ0) is 11.5. The van der Waals surface area contributed by atoms with Crippen molar-refractivity contribution in [3.8, 4) is 11.3 Å². The number of nitrogens with zero attached hydrogens (tertiary/aromatic N) is 1. The molecule has 0 aliphatic rings. The molecule has 0 amide bonds. The lowest BCUT2D eigenvalue weighted by Gasteiger charge is -1.99. The van der Waals surface area contributed by atoms with Gasteiger partial charge in [0.05, 0.1) is 6.61 Å². The van der Waals surface area contributed by atoms with Gasteiger partial charge in [0.2, 0.25) is 0 Å². The van der Waals surface area contributed by atoms with Gasteiger partial charge in [0, 0.05) is 27.5 Å². The highest BCUT2D eigenvalue weighted by Crippen LogP contribution is 2.30. The second kappa shape index (κ2) is 4.99. The number of aromatic nitrogens is 1. The fraction of sp³-hybridized carbons (Fsp3) is 0.182. The van der Waals surface area contributed by atoms with E-state index in [1.165, 1.54) is 0 Å². The molecule has 0 unspecified atom stereocenters. The van der Waals surface area contributed by atoms with Crippen molar-refractivity contribution in [2.24, 2.45) is 0 Å². The monoisotopic (exact) mass is 301 g/mol. The van der Waals surface area contributed by atoms with Gasteiger partial charge in [0.25, 0.3) is 0 Å².